The van der Waals surface area contributed by atoms with Crippen molar-refractivity contribution in [2.75, 3.05) is 27.4 Å². The zero-order valence-corrected chi connectivity index (χ0v) is 28.5. The maximum Gasteiger partial charge on any atom is 0.220 e. The van der Waals surface area contributed by atoms with Crippen molar-refractivity contribution in [3.05, 3.63) is 95.6 Å². The molecule has 0 aliphatic heterocycles. The Kier molecular flexibility index (Phi) is 17.3. The monoisotopic (exact) mass is 631 g/mol. The summed E-state index contributed by atoms with van der Waals surface area (Å²) in [6, 6.07) is 25.6. The van der Waals surface area contributed by atoms with Gasteiger partial charge >= 0.3 is 0 Å². The van der Waals surface area contributed by atoms with Crippen LogP contribution in [0.3, 0.4) is 0 Å². The number of hydrogen-bond donors (Lipinski definition) is 2. The van der Waals surface area contributed by atoms with Crippen LogP contribution in [0, 0.1) is 0 Å². The maximum atomic E-state index is 12.6. The van der Waals surface area contributed by atoms with Gasteiger partial charge in [-0.2, -0.15) is 0 Å². The number of hydrogen-bond acceptors (Lipinski definition) is 5. The van der Waals surface area contributed by atoms with Gasteiger partial charge in [0.25, 0.3) is 0 Å². The smallest absolute Gasteiger partial charge is 0.220 e. The van der Waals surface area contributed by atoms with Gasteiger partial charge in [-0.15, -0.1) is 0 Å². The Bertz CT molecular complexity index is 1190. The van der Waals surface area contributed by atoms with Crippen molar-refractivity contribution in [2.24, 2.45) is 0 Å². The van der Waals surface area contributed by atoms with Crippen LogP contribution in [0.25, 0.3) is 0 Å². The van der Waals surface area contributed by atoms with E-state index in [0.717, 1.165) is 29.5 Å². The normalized spacial score (nSPS) is 12.1. The van der Waals surface area contributed by atoms with Gasteiger partial charge in [0.2, 0.25) is 5.91 Å². The Balaban J connectivity index is 1.52. The summed E-state index contributed by atoms with van der Waals surface area (Å²) in [4.78, 5) is 12.6. The number of aliphatic hydroxyl groups excluding tert-OH is 1. The number of amides is 1. The van der Waals surface area contributed by atoms with Crippen molar-refractivity contribution in [1.29, 1.82) is 0 Å². The molecule has 3 aromatic rings. The first-order chi connectivity index (χ1) is 22.6. The lowest BCUT2D eigenvalue weighted by atomic mass is 9.79. The third-order valence-electron chi connectivity index (χ3n) is 8.68. The topological polar surface area (TPSA) is 77.0 Å². The average Bonchev–Trinajstić information content (AvgIpc) is 3.10. The van der Waals surface area contributed by atoms with Crippen LogP contribution >= 0.6 is 0 Å². The van der Waals surface area contributed by atoms with Crippen molar-refractivity contribution < 1.29 is 24.1 Å². The van der Waals surface area contributed by atoms with E-state index in [1.54, 1.807) is 14.2 Å². The molecule has 0 aliphatic rings. The van der Waals surface area contributed by atoms with Crippen molar-refractivity contribution in [3.63, 3.8) is 0 Å². The molecule has 0 aliphatic carbocycles. The average molecular weight is 632 g/mol. The van der Waals surface area contributed by atoms with Crippen molar-refractivity contribution in [2.45, 2.75) is 109 Å². The lowest BCUT2D eigenvalue weighted by Gasteiger charge is -2.37. The fraction of sp³-hybridized carbons (Fsp3) is 0.525. The van der Waals surface area contributed by atoms with E-state index in [1.165, 1.54) is 70.6 Å². The highest BCUT2D eigenvalue weighted by molar-refractivity contribution is 5.75. The first-order valence-corrected chi connectivity index (χ1v) is 17.5. The van der Waals surface area contributed by atoms with Crippen LogP contribution in [-0.4, -0.2) is 44.5 Å². The van der Waals surface area contributed by atoms with Crippen LogP contribution in [0.2, 0.25) is 0 Å². The summed E-state index contributed by atoms with van der Waals surface area (Å²) in [6.45, 7) is 2.37. The van der Waals surface area contributed by atoms with Crippen LogP contribution < -0.4 is 14.8 Å². The molecule has 0 fully saturated rings. The SMILES string of the molecule is CCCCCCCCCCCCCCCC(=O)NCC(O)COC(c1ccccc1)(c1ccccc1)c1cccc(OC)c1OC. The number of methoxy groups -OCH3 is 2. The molecule has 3 aromatic carbocycles. The van der Waals surface area contributed by atoms with Crippen LogP contribution in [0.15, 0.2) is 78.9 Å². The van der Waals surface area contributed by atoms with Crippen molar-refractivity contribution in [3.8, 4) is 11.5 Å². The quantitative estimate of drug-likeness (QED) is 0.0762. The number of ether oxygens (including phenoxy) is 3. The van der Waals surface area contributed by atoms with Gasteiger partial charge in [-0.25, -0.2) is 0 Å². The number of nitrogens with one attached hydrogen (secondary N) is 1. The number of carbonyl (C=O) groups is 1. The molecular formula is C40H57NO5. The highest BCUT2D eigenvalue weighted by atomic mass is 16.5. The molecule has 0 heterocycles. The van der Waals surface area contributed by atoms with Gasteiger partial charge in [0.05, 0.1) is 26.9 Å². The molecule has 1 amide bonds. The molecule has 0 aromatic heterocycles. The Labute approximate surface area is 277 Å². The highest BCUT2D eigenvalue weighted by Crippen LogP contribution is 2.47. The van der Waals surface area contributed by atoms with E-state index < -0.39 is 11.7 Å². The summed E-state index contributed by atoms with van der Waals surface area (Å²) in [6.07, 6.45) is 16.1. The minimum Gasteiger partial charge on any atom is -0.493 e. The fourth-order valence-corrected chi connectivity index (χ4v) is 6.14. The van der Waals surface area contributed by atoms with Gasteiger partial charge in [0.15, 0.2) is 11.5 Å². The largest absolute Gasteiger partial charge is 0.493 e. The van der Waals surface area contributed by atoms with E-state index in [1.807, 2.05) is 78.9 Å². The predicted molar refractivity (Wildman–Crippen MR) is 188 cm³/mol. The molecule has 252 valence electrons. The second kappa shape index (κ2) is 21.4. The minimum absolute atomic E-state index is 0.0107. The number of para-hydroxylation sites is 1. The third kappa shape index (κ3) is 11.5. The van der Waals surface area contributed by atoms with Crippen LogP contribution in [-0.2, 0) is 15.1 Å². The Hall–Kier alpha value is -3.35. The van der Waals surface area contributed by atoms with Gasteiger partial charge in [0.1, 0.15) is 5.60 Å². The summed E-state index contributed by atoms with van der Waals surface area (Å²) in [5.74, 6) is 1.10. The van der Waals surface area contributed by atoms with Gasteiger partial charge in [-0.05, 0) is 23.6 Å². The van der Waals surface area contributed by atoms with E-state index in [0.29, 0.717) is 17.9 Å². The van der Waals surface area contributed by atoms with Gasteiger partial charge in [-0.3, -0.25) is 4.79 Å². The molecule has 46 heavy (non-hydrogen) atoms. The number of rotatable bonds is 24. The van der Waals surface area contributed by atoms with E-state index in [2.05, 4.69) is 12.2 Å². The summed E-state index contributed by atoms with van der Waals surface area (Å²) in [7, 11) is 3.23. The van der Waals surface area contributed by atoms with E-state index in [-0.39, 0.29) is 19.1 Å². The Morgan fingerprint density at radius 2 is 1.22 bits per heavy atom. The lowest BCUT2D eigenvalue weighted by Crippen LogP contribution is -2.40. The second-order valence-electron chi connectivity index (χ2n) is 12.2. The second-order valence-corrected chi connectivity index (χ2v) is 12.2. The summed E-state index contributed by atoms with van der Waals surface area (Å²) >= 11 is 0. The Morgan fingerprint density at radius 1 is 0.696 bits per heavy atom. The first-order valence-electron chi connectivity index (χ1n) is 17.5. The van der Waals surface area contributed by atoms with Gasteiger partial charge in [-0.1, -0.05) is 157 Å². The van der Waals surface area contributed by atoms with Gasteiger partial charge in [0, 0.05) is 18.5 Å². The molecule has 1 atom stereocenters. The molecule has 0 saturated heterocycles. The number of carbonyl (C=O) groups excluding carboxylic acids is 1. The molecule has 0 radical (unpaired) electrons. The van der Waals surface area contributed by atoms with Crippen LogP contribution in [0.4, 0.5) is 0 Å². The first kappa shape index (κ1) is 37.1. The fourth-order valence-electron chi connectivity index (χ4n) is 6.14. The molecule has 3 rings (SSSR count). The van der Waals surface area contributed by atoms with E-state index in [4.69, 9.17) is 14.2 Å². The third-order valence-corrected chi connectivity index (χ3v) is 8.68. The molecular weight excluding hydrogens is 574 g/mol. The van der Waals surface area contributed by atoms with E-state index in [9.17, 15) is 9.90 Å². The predicted octanol–water partition coefficient (Wildman–Crippen LogP) is 8.97. The molecule has 0 bridgehead atoms. The van der Waals surface area contributed by atoms with Crippen molar-refractivity contribution in [1.82, 2.24) is 5.32 Å². The molecule has 0 saturated carbocycles. The Morgan fingerprint density at radius 3 is 1.72 bits per heavy atom. The van der Waals surface area contributed by atoms with Gasteiger partial charge < -0.3 is 24.6 Å². The lowest BCUT2D eigenvalue weighted by molar-refractivity contribution is -0.122. The molecule has 2 N–H and O–H groups in total. The minimum atomic E-state index is -1.11. The number of aliphatic hydroxyl groups is 1. The summed E-state index contributed by atoms with van der Waals surface area (Å²) < 4.78 is 18.3. The van der Waals surface area contributed by atoms with Crippen molar-refractivity contribution >= 4 is 5.91 Å². The molecule has 0 spiro atoms. The maximum absolute atomic E-state index is 12.6. The van der Waals surface area contributed by atoms with Crippen LogP contribution in [0.5, 0.6) is 11.5 Å². The summed E-state index contributed by atoms with van der Waals surface area (Å²) in [5.41, 5.74) is 1.41. The molecule has 1 unspecified atom stereocenters. The molecule has 6 nitrogen and oxygen atoms in total. The zero-order chi connectivity index (χ0) is 32.9. The highest BCUT2D eigenvalue weighted by Gasteiger charge is 2.41. The molecule has 6 heteroatoms. The van der Waals surface area contributed by atoms with E-state index >= 15 is 0 Å². The number of unbranched alkanes of at least 4 members (excludes halogenated alkanes) is 12. The van der Waals surface area contributed by atoms with Crippen LogP contribution in [0.1, 0.15) is 114 Å². The summed E-state index contributed by atoms with van der Waals surface area (Å²) in [5, 5.41) is 13.9. The number of benzene rings is 3. The standard InChI is InChI=1S/C40H57NO5/c1-4-5-6-7-8-9-10-11-12-13-14-15-22-30-38(43)41-31-35(42)32-46-40(33-24-18-16-19-25-33,34-26-20-17-21-27-34)36-28-23-29-37(44-2)39(36)45-3/h16-21,23-29,35,42H,4-15,22,30-32H2,1-3H3,(H,41,43). The zero-order valence-electron chi connectivity index (χ0n) is 28.5.